The minimum atomic E-state index is -2.16. The Kier molecular flexibility index (Phi) is 46.1. The highest BCUT2D eigenvalue weighted by Gasteiger charge is 2.57. The molecule has 0 spiro atoms. The van der Waals surface area contributed by atoms with Gasteiger partial charge in [0.2, 0.25) is 11.8 Å². The lowest BCUT2D eigenvalue weighted by Crippen LogP contribution is -2.70. The Morgan fingerprint density at radius 2 is 0.712 bits per heavy atom. The molecule has 5 saturated heterocycles. The van der Waals surface area contributed by atoms with Crippen molar-refractivity contribution in [1.29, 1.82) is 0 Å². The van der Waals surface area contributed by atoms with E-state index in [1.165, 1.54) is 154 Å². The largest absolute Gasteiger partial charge is 0.394 e. The fourth-order valence-corrected chi connectivity index (χ4v) is 14.3. The first-order valence-corrected chi connectivity index (χ1v) is 39.5. The van der Waals surface area contributed by atoms with Crippen molar-refractivity contribution in [3.05, 3.63) is 12.2 Å². The molecule has 5 rings (SSSR count). The van der Waals surface area contributed by atoms with Crippen LogP contribution < -0.4 is 10.6 Å². The molecule has 30 heteroatoms. The molecule has 104 heavy (non-hydrogen) atoms. The molecule has 30 nitrogen and oxygen atoms in total. The van der Waals surface area contributed by atoms with Gasteiger partial charge in [0.25, 0.3) is 0 Å². The number of nitrogens with one attached hydrogen (secondary N) is 2. The normalized spacial score (nSPS) is 34.7. The average molecular weight is 1500 g/mol. The Hall–Kier alpha value is -2.36. The number of carbonyl (C=O) groups excluding carboxylic acids is 2. The molecule has 2 amide bonds. The molecule has 27 atom stereocenters. The Labute approximate surface area is 615 Å². The molecule has 5 aliphatic heterocycles. The van der Waals surface area contributed by atoms with E-state index in [1.807, 2.05) is 6.08 Å². The third kappa shape index (κ3) is 30.4. The number of hydrogen-bond acceptors (Lipinski definition) is 28. The van der Waals surface area contributed by atoms with Crippen LogP contribution in [0, 0.1) is 0 Å². The number of allylic oxidation sites excluding steroid dienone is 1. The first-order valence-electron chi connectivity index (χ1n) is 39.5. The lowest BCUT2D eigenvalue weighted by Gasteiger charge is -2.50. The van der Waals surface area contributed by atoms with Gasteiger partial charge in [-0.25, -0.2) is 0 Å². The summed E-state index contributed by atoms with van der Waals surface area (Å²) in [6.45, 7) is 0.366. The molecule has 5 heterocycles. The maximum atomic E-state index is 13.5. The van der Waals surface area contributed by atoms with Gasteiger partial charge in [-0.3, -0.25) is 9.59 Å². The van der Waals surface area contributed by atoms with E-state index in [9.17, 15) is 91.3 Å². The molecule has 0 bridgehead atoms. The standard InChI is InChI=1S/C74H136N2O28/c1-4-6-8-10-12-14-16-18-19-20-21-22-23-24-25-27-29-31-33-35-37-39-54(84)76-47(48(83)38-36-34-32-30-28-26-17-15-13-11-9-7-5-2)45-95-71-63(92)60(89)67(52(43-80)99-71)102-73-64(93)61(90)66(53(44-81)100-73)101-70-55(75-46(3)82)68(57(86)50(41-78)96-70)103-74-65(94)69(58(87)51(42-79)98-74)104-72-62(91)59(88)56(85)49(40-77)97-72/h36,38,47-53,55-74,77-81,83,85-94H,4-35,37,39-45H2,1-3H3,(H,75,82)(H,76,84)/b38-36+/t47-,48+,49?,50?,51?,52?,53?,55?,56-,57-,58-,59-,60+,61+,62?,63?,64?,65?,66-,67+,68+,69-,70-,71+,72+,73-,74-/m0/s1. The summed E-state index contributed by atoms with van der Waals surface area (Å²) >= 11 is 0. The predicted molar refractivity (Wildman–Crippen MR) is 377 cm³/mol. The summed E-state index contributed by atoms with van der Waals surface area (Å²) in [5.41, 5.74) is 0. The van der Waals surface area contributed by atoms with Gasteiger partial charge in [0.05, 0.1) is 51.8 Å². The van der Waals surface area contributed by atoms with Crippen molar-refractivity contribution < 1.29 is 139 Å². The van der Waals surface area contributed by atoms with Crippen LogP contribution in [0.5, 0.6) is 0 Å². The lowest BCUT2D eigenvalue weighted by molar-refractivity contribution is -0.385. The highest BCUT2D eigenvalue weighted by molar-refractivity contribution is 5.76. The van der Waals surface area contributed by atoms with Gasteiger partial charge in [-0.05, 0) is 19.3 Å². The van der Waals surface area contributed by atoms with Crippen molar-refractivity contribution in [3.8, 4) is 0 Å². The fourth-order valence-electron chi connectivity index (χ4n) is 14.3. The first-order chi connectivity index (χ1) is 50.2. The first kappa shape index (κ1) is 92.2. The fraction of sp³-hybridized carbons (Fsp3) is 0.946. The van der Waals surface area contributed by atoms with Gasteiger partial charge in [-0.15, -0.1) is 0 Å². The van der Waals surface area contributed by atoms with Crippen molar-refractivity contribution in [3.63, 3.8) is 0 Å². The van der Waals surface area contributed by atoms with E-state index < -0.39 is 211 Å². The zero-order chi connectivity index (χ0) is 75.9. The topological polar surface area (TPSA) is 474 Å². The highest BCUT2D eigenvalue weighted by Crippen LogP contribution is 2.37. The Morgan fingerprint density at radius 3 is 1.15 bits per heavy atom. The van der Waals surface area contributed by atoms with E-state index in [1.54, 1.807) is 6.08 Å². The molecule has 18 N–H and O–H groups in total. The summed E-state index contributed by atoms with van der Waals surface area (Å²) in [6, 6.07) is -2.78. The van der Waals surface area contributed by atoms with Crippen LogP contribution >= 0.6 is 0 Å². The highest BCUT2D eigenvalue weighted by atomic mass is 16.8. The number of ether oxygens (including phenoxy) is 10. The van der Waals surface area contributed by atoms with Crippen molar-refractivity contribution in [2.75, 3.05) is 39.6 Å². The van der Waals surface area contributed by atoms with Crippen LogP contribution in [-0.4, -0.2) is 299 Å². The van der Waals surface area contributed by atoms with Crippen LogP contribution in [0.25, 0.3) is 0 Å². The minimum absolute atomic E-state index is 0.198. The maximum Gasteiger partial charge on any atom is 0.220 e. The SMILES string of the molecule is CCCCCCCCCCCCC/C=C/[C@@H](O)[C@H](CO[C@@H]1OC(CO)[C@@H](O[C@@H]2OC(CO)[C@H](O[C@@H]3OC(CO)[C@H](O)[C@H](O[C@@H]4OC(CO)[C@H](O)[C@H](O[C@H]5OC(CO)[C@H](O)[C@H](O)C5O)C4O)C3NC(C)=O)[C@H](O)C2O)[C@H](O)C1O)NC(=O)CCCCCCCCCCCCCCCCCCCCCCC. The molecule has 0 aliphatic carbocycles. The summed E-state index contributed by atoms with van der Waals surface area (Å²) in [6.07, 6.45) is -2.96. The quantitative estimate of drug-likeness (QED) is 0.0306. The number of carbonyl (C=O) groups is 2. The second-order valence-corrected chi connectivity index (χ2v) is 29.2. The van der Waals surface area contributed by atoms with E-state index in [-0.39, 0.29) is 12.3 Å². The van der Waals surface area contributed by atoms with Gasteiger partial charge in [0.15, 0.2) is 31.5 Å². The smallest absolute Gasteiger partial charge is 0.220 e. The van der Waals surface area contributed by atoms with Crippen LogP contribution in [0.4, 0.5) is 0 Å². The van der Waals surface area contributed by atoms with Gasteiger partial charge in [-0.2, -0.15) is 0 Å². The van der Waals surface area contributed by atoms with Crippen molar-refractivity contribution in [2.24, 2.45) is 0 Å². The van der Waals surface area contributed by atoms with Crippen molar-refractivity contribution >= 4 is 11.8 Å². The van der Waals surface area contributed by atoms with Crippen LogP contribution in [-0.2, 0) is 57.0 Å². The zero-order valence-electron chi connectivity index (χ0n) is 62.1. The molecule has 0 radical (unpaired) electrons. The summed E-state index contributed by atoms with van der Waals surface area (Å²) < 4.78 is 58.5. The summed E-state index contributed by atoms with van der Waals surface area (Å²) in [7, 11) is 0. The lowest BCUT2D eigenvalue weighted by atomic mass is 9.94. The monoisotopic (exact) mass is 1500 g/mol. The average Bonchev–Trinajstić information content (AvgIpc) is 0.773. The third-order valence-electron chi connectivity index (χ3n) is 20.7. The van der Waals surface area contributed by atoms with Crippen LogP contribution in [0.3, 0.4) is 0 Å². The Balaban J connectivity index is 1.16. The van der Waals surface area contributed by atoms with Crippen molar-refractivity contribution in [2.45, 2.75) is 405 Å². The molecule has 5 fully saturated rings. The number of aliphatic hydroxyl groups excluding tert-OH is 16. The van der Waals surface area contributed by atoms with E-state index >= 15 is 0 Å². The second-order valence-electron chi connectivity index (χ2n) is 29.2. The predicted octanol–water partition coefficient (Wildman–Crippen LogP) is 1.95. The van der Waals surface area contributed by atoms with E-state index in [2.05, 4.69) is 24.5 Å². The number of rotatable bonds is 54. The van der Waals surface area contributed by atoms with Crippen LogP contribution in [0.2, 0.25) is 0 Å². The minimum Gasteiger partial charge on any atom is -0.394 e. The van der Waals surface area contributed by atoms with Crippen LogP contribution in [0.1, 0.15) is 239 Å². The molecule has 0 saturated carbocycles. The van der Waals surface area contributed by atoms with E-state index in [4.69, 9.17) is 47.4 Å². The number of unbranched alkanes of at least 4 members (excludes halogenated alkanes) is 31. The summed E-state index contributed by atoms with van der Waals surface area (Å²) in [5.74, 6) is -1.15. The third-order valence-corrected chi connectivity index (χ3v) is 20.7. The van der Waals surface area contributed by atoms with Gasteiger partial charge < -0.3 is 140 Å². The van der Waals surface area contributed by atoms with E-state index in [0.29, 0.717) is 12.8 Å². The molecule has 10 unspecified atom stereocenters. The van der Waals surface area contributed by atoms with Gasteiger partial charge in [0.1, 0.15) is 122 Å². The Morgan fingerprint density at radius 1 is 0.375 bits per heavy atom. The molecular weight excluding hydrogens is 1360 g/mol. The van der Waals surface area contributed by atoms with E-state index in [0.717, 1.165) is 51.9 Å². The maximum absolute atomic E-state index is 13.5. The zero-order valence-corrected chi connectivity index (χ0v) is 62.1. The summed E-state index contributed by atoms with van der Waals surface area (Å²) in [4.78, 5) is 26.4. The Bertz CT molecular complexity index is 2250. The molecular formula is C74H136N2O28. The number of hydrogen-bond donors (Lipinski definition) is 18. The van der Waals surface area contributed by atoms with Gasteiger partial charge in [0, 0.05) is 13.3 Å². The molecule has 0 aromatic heterocycles. The summed E-state index contributed by atoms with van der Waals surface area (Å²) in [5, 5.41) is 181. The van der Waals surface area contributed by atoms with Gasteiger partial charge >= 0.3 is 0 Å². The molecule has 0 aromatic rings. The number of aliphatic hydroxyl groups is 16. The van der Waals surface area contributed by atoms with Crippen LogP contribution in [0.15, 0.2) is 12.2 Å². The number of amides is 2. The van der Waals surface area contributed by atoms with Crippen molar-refractivity contribution in [1.82, 2.24) is 10.6 Å². The molecule has 610 valence electrons. The molecule has 0 aromatic carbocycles. The second kappa shape index (κ2) is 52.0. The van der Waals surface area contributed by atoms with Gasteiger partial charge in [-0.1, -0.05) is 219 Å². The molecule has 5 aliphatic rings.